The van der Waals surface area contributed by atoms with E-state index in [1.165, 1.54) is 6.33 Å². The summed E-state index contributed by atoms with van der Waals surface area (Å²) in [5, 5.41) is 5.71. The van der Waals surface area contributed by atoms with Crippen molar-refractivity contribution in [1.29, 1.82) is 0 Å². The van der Waals surface area contributed by atoms with Crippen LogP contribution in [0.3, 0.4) is 0 Å². The van der Waals surface area contributed by atoms with E-state index in [9.17, 15) is 33.5 Å². The summed E-state index contributed by atoms with van der Waals surface area (Å²) >= 11 is 0. The number of carbonyl (C=O) groups is 1. The third kappa shape index (κ3) is 7.01. The summed E-state index contributed by atoms with van der Waals surface area (Å²) in [5.74, 6) is 5.95. The summed E-state index contributed by atoms with van der Waals surface area (Å²) in [4.78, 5) is 62.4. The van der Waals surface area contributed by atoms with E-state index in [0.29, 0.717) is 42.9 Å². The van der Waals surface area contributed by atoms with Crippen molar-refractivity contribution in [3.63, 3.8) is 0 Å². The number of carbonyl (C=O) groups excluding carboxylic acids is 1. The summed E-state index contributed by atoms with van der Waals surface area (Å²) in [6.07, 6.45) is 2.20. The molecule has 4 rings (SSSR count). The van der Waals surface area contributed by atoms with Gasteiger partial charge in [0, 0.05) is 37.9 Å². The van der Waals surface area contributed by atoms with Gasteiger partial charge in [0.25, 0.3) is 0 Å². The van der Waals surface area contributed by atoms with Gasteiger partial charge in [-0.15, -0.1) is 0 Å². The van der Waals surface area contributed by atoms with Crippen molar-refractivity contribution in [1.82, 2.24) is 24.8 Å². The van der Waals surface area contributed by atoms with E-state index in [4.69, 9.17) is 14.8 Å². The lowest BCUT2D eigenvalue weighted by Crippen LogP contribution is -2.26. The van der Waals surface area contributed by atoms with Crippen LogP contribution in [-0.2, 0) is 23.0 Å². The summed E-state index contributed by atoms with van der Waals surface area (Å²) in [6.45, 7) is 0.571. The SMILES string of the molecule is CNc1nc(C#CCCC(=O)NCCCN)nc2c1ncn2C1CC(OP(=O)(O)O)[C@@]2(COP(=O)(O)O)C[C@@H]12. The summed E-state index contributed by atoms with van der Waals surface area (Å²) in [6, 6.07) is -0.399. The highest BCUT2D eigenvalue weighted by Gasteiger charge is 2.70. The molecule has 0 saturated heterocycles. The molecule has 2 unspecified atom stereocenters. The topological polar surface area (TPSA) is 244 Å². The largest absolute Gasteiger partial charge is 0.469 e. The molecule has 2 aromatic heterocycles. The minimum atomic E-state index is -4.90. The van der Waals surface area contributed by atoms with E-state index in [1.54, 1.807) is 11.6 Å². The van der Waals surface area contributed by atoms with Gasteiger partial charge in [-0.25, -0.2) is 24.1 Å². The number of phosphoric ester groups is 2. The monoisotopic (exact) mass is 587 g/mol. The number of rotatable bonds is 12. The number of nitrogens with zero attached hydrogens (tertiary/aromatic N) is 4. The molecular weight excluding hydrogens is 556 g/mol. The van der Waals surface area contributed by atoms with Crippen molar-refractivity contribution in [2.45, 2.75) is 44.2 Å². The summed E-state index contributed by atoms with van der Waals surface area (Å²) in [7, 11) is -8.06. The number of imidazole rings is 1. The summed E-state index contributed by atoms with van der Waals surface area (Å²) in [5.41, 5.74) is 5.28. The fourth-order valence-corrected chi connectivity index (χ4v) is 6.10. The Kier molecular flexibility index (Phi) is 8.77. The molecule has 2 aromatic rings. The molecule has 0 bridgehead atoms. The van der Waals surface area contributed by atoms with Gasteiger partial charge in [-0.05, 0) is 37.6 Å². The molecule has 0 aliphatic heterocycles. The molecular formula is C21H31N7O9P2. The Morgan fingerprint density at radius 3 is 2.72 bits per heavy atom. The fraction of sp³-hybridized carbons (Fsp3) is 0.619. The number of hydrogen-bond donors (Lipinski definition) is 7. The zero-order valence-electron chi connectivity index (χ0n) is 21.1. The molecule has 18 heteroatoms. The first-order chi connectivity index (χ1) is 18.4. The van der Waals surface area contributed by atoms with Crippen molar-refractivity contribution in [3.05, 3.63) is 12.2 Å². The Labute approximate surface area is 223 Å². The molecule has 4 atom stereocenters. The van der Waals surface area contributed by atoms with Crippen molar-refractivity contribution >= 4 is 38.5 Å². The second kappa shape index (κ2) is 11.6. The van der Waals surface area contributed by atoms with Crippen LogP contribution in [0.5, 0.6) is 0 Å². The van der Waals surface area contributed by atoms with E-state index >= 15 is 0 Å². The number of aromatic nitrogens is 4. The zero-order valence-corrected chi connectivity index (χ0v) is 22.8. The van der Waals surface area contributed by atoms with Gasteiger partial charge in [0.15, 0.2) is 17.0 Å². The van der Waals surface area contributed by atoms with Gasteiger partial charge in [0.2, 0.25) is 11.7 Å². The third-order valence-electron chi connectivity index (χ3n) is 6.90. The minimum Gasteiger partial charge on any atom is -0.371 e. The van der Waals surface area contributed by atoms with Gasteiger partial charge in [-0.2, -0.15) is 0 Å². The Morgan fingerprint density at radius 1 is 1.28 bits per heavy atom. The number of fused-ring (bicyclic) bond motifs is 2. The van der Waals surface area contributed by atoms with Crippen LogP contribution in [0.15, 0.2) is 6.33 Å². The quantitative estimate of drug-likeness (QED) is 0.0982. The van der Waals surface area contributed by atoms with Crippen LogP contribution in [0.1, 0.15) is 44.0 Å². The number of nitrogens with two attached hydrogens (primary N) is 1. The van der Waals surface area contributed by atoms with Crippen molar-refractivity contribution in [3.8, 4) is 11.8 Å². The first kappa shape index (κ1) is 29.5. The highest BCUT2D eigenvalue weighted by Crippen LogP contribution is 2.71. The second-order valence-corrected chi connectivity index (χ2v) is 11.9. The molecule has 16 nitrogen and oxygen atoms in total. The Hall–Kier alpha value is -2.44. The minimum absolute atomic E-state index is 0.130. The third-order valence-corrected chi connectivity index (χ3v) is 7.90. The van der Waals surface area contributed by atoms with E-state index in [0.717, 1.165) is 0 Å². The maximum atomic E-state index is 11.9. The predicted octanol–water partition coefficient (Wildman–Crippen LogP) is 0.00300. The highest BCUT2D eigenvalue weighted by molar-refractivity contribution is 7.46. The molecule has 1 amide bonds. The van der Waals surface area contributed by atoms with Gasteiger partial charge in [0.05, 0.1) is 19.0 Å². The molecule has 8 N–H and O–H groups in total. The van der Waals surface area contributed by atoms with Crippen LogP contribution in [0.4, 0.5) is 5.82 Å². The van der Waals surface area contributed by atoms with Crippen molar-refractivity contribution in [2.24, 2.45) is 17.1 Å². The van der Waals surface area contributed by atoms with Crippen LogP contribution >= 0.6 is 15.6 Å². The lowest BCUT2D eigenvalue weighted by molar-refractivity contribution is -0.120. The molecule has 2 saturated carbocycles. The molecule has 39 heavy (non-hydrogen) atoms. The summed E-state index contributed by atoms with van der Waals surface area (Å²) < 4.78 is 34.5. The molecule has 0 radical (unpaired) electrons. The molecule has 2 aliphatic carbocycles. The molecule has 2 fully saturated rings. The van der Waals surface area contributed by atoms with Crippen LogP contribution in [0.25, 0.3) is 11.2 Å². The Morgan fingerprint density at radius 2 is 2.05 bits per heavy atom. The lowest BCUT2D eigenvalue weighted by atomic mass is 10.0. The Balaban J connectivity index is 1.57. The maximum absolute atomic E-state index is 11.9. The van der Waals surface area contributed by atoms with Crippen LogP contribution in [-0.4, -0.2) is 77.8 Å². The first-order valence-electron chi connectivity index (χ1n) is 12.2. The normalized spacial score (nSPS) is 24.2. The average Bonchev–Trinajstić information content (AvgIpc) is 3.32. The highest BCUT2D eigenvalue weighted by atomic mass is 31.2. The molecule has 214 valence electrons. The van der Waals surface area contributed by atoms with Gasteiger partial charge in [-0.1, -0.05) is 5.92 Å². The molecule has 0 spiro atoms. The van der Waals surface area contributed by atoms with E-state index < -0.39 is 39.8 Å². The van der Waals surface area contributed by atoms with Gasteiger partial charge < -0.3 is 40.5 Å². The predicted molar refractivity (Wildman–Crippen MR) is 137 cm³/mol. The van der Waals surface area contributed by atoms with Crippen LogP contribution in [0.2, 0.25) is 0 Å². The van der Waals surface area contributed by atoms with Gasteiger partial charge in [-0.3, -0.25) is 13.8 Å². The van der Waals surface area contributed by atoms with Crippen molar-refractivity contribution < 1.29 is 42.5 Å². The smallest absolute Gasteiger partial charge is 0.371 e. The second-order valence-electron chi connectivity index (χ2n) is 9.46. The lowest BCUT2D eigenvalue weighted by Gasteiger charge is -2.24. The first-order valence-corrected chi connectivity index (χ1v) is 15.2. The Bertz CT molecular complexity index is 1380. The number of hydrogen-bond acceptors (Lipinski definition) is 10. The number of nitrogens with one attached hydrogen (secondary N) is 2. The van der Waals surface area contributed by atoms with Gasteiger partial charge in [0.1, 0.15) is 0 Å². The molecule has 2 aliphatic rings. The van der Waals surface area contributed by atoms with Crippen LogP contribution in [0, 0.1) is 23.2 Å². The van der Waals surface area contributed by atoms with E-state index in [2.05, 4.69) is 37.4 Å². The molecule has 0 aromatic carbocycles. The van der Waals surface area contributed by atoms with E-state index in [1.807, 2.05) is 0 Å². The van der Waals surface area contributed by atoms with Crippen molar-refractivity contribution in [2.75, 3.05) is 32.1 Å². The number of amides is 1. The zero-order chi connectivity index (χ0) is 28.4. The number of phosphoric acid groups is 2. The van der Waals surface area contributed by atoms with E-state index in [-0.39, 0.29) is 36.9 Å². The van der Waals surface area contributed by atoms with Crippen LogP contribution < -0.4 is 16.4 Å². The molecule has 2 heterocycles. The standard InChI is InChI=1S/C21H31N7O9P2/c1-23-19-18-20(27-16(26-19)5-2-3-6-17(29)24-8-4-7-22)28(12-25-18)14-9-15(37-39(33,34)35)21(10-13(14)21)11-36-38(30,31)32/h12-15H,3-4,6-11,22H2,1H3,(H,24,29)(H,23,26,27)(H2,30,31,32)(H2,33,34,35)/t13-,14?,15?,21+/m0/s1. The number of anilines is 1. The fourth-order valence-electron chi connectivity index (χ4n) is 5.07. The maximum Gasteiger partial charge on any atom is 0.469 e. The average molecular weight is 587 g/mol. The van der Waals surface area contributed by atoms with Gasteiger partial charge >= 0.3 is 15.6 Å².